The van der Waals surface area contributed by atoms with Crippen LogP contribution in [0.5, 0.6) is 0 Å². The van der Waals surface area contributed by atoms with E-state index in [1.165, 1.54) is 6.33 Å². The van der Waals surface area contributed by atoms with Crippen LogP contribution in [0.3, 0.4) is 0 Å². The molecule has 1 aliphatic heterocycles. The third kappa shape index (κ3) is 4.78. The summed E-state index contributed by atoms with van der Waals surface area (Å²) in [6.07, 6.45) is 3.89. The zero-order chi connectivity index (χ0) is 23.3. The Bertz CT molecular complexity index is 1210. The fourth-order valence-electron chi connectivity index (χ4n) is 4.20. The number of nitrogens with two attached hydrogens (primary N) is 1. The topological polar surface area (TPSA) is 97.3 Å². The lowest BCUT2D eigenvalue weighted by atomic mass is 10.1. The maximum Gasteiger partial charge on any atom is 0.167 e. The van der Waals surface area contributed by atoms with Crippen molar-refractivity contribution < 1.29 is 14.2 Å². The van der Waals surface area contributed by atoms with Gasteiger partial charge in [-0.25, -0.2) is 15.0 Å². The number of benzene rings is 2. The van der Waals surface area contributed by atoms with Gasteiger partial charge in [-0.15, -0.1) is 0 Å². The second kappa shape index (κ2) is 10.5. The van der Waals surface area contributed by atoms with Crippen molar-refractivity contribution in [3.8, 4) is 0 Å². The maximum absolute atomic E-state index is 6.55. The monoisotopic (exact) mass is 477 g/mol. The van der Waals surface area contributed by atoms with E-state index < -0.39 is 6.23 Å². The average Bonchev–Trinajstić information content (AvgIpc) is 3.45. The summed E-state index contributed by atoms with van der Waals surface area (Å²) < 4.78 is 21.4. The molecule has 2 aromatic carbocycles. The maximum atomic E-state index is 6.55. The van der Waals surface area contributed by atoms with Gasteiger partial charge < -0.3 is 19.9 Å². The van der Waals surface area contributed by atoms with Gasteiger partial charge in [0, 0.05) is 5.75 Å². The van der Waals surface area contributed by atoms with Gasteiger partial charge in [0.15, 0.2) is 17.7 Å². The molecular weight excluding hydrogens is 450 g/mol. The minimum Gasteiger partial charge on any atom is -0.382 e. The van der Waals surface area contributed by atoms with E-state index in [-0.39, 0.29) is 18.3 Å². The summed E-state index contributed by atoms with van der Waals surface area (Å²) >= 11 is 1.72. The van der Waals surface area contributed by atoms with Crippen molar-refractivity contribution in [3.05, 3.63) is 84.4 Å². The zero-order valence-electron chi connectivity index (χ0n) is 18.9. The van der Waals surface area contributed by atoms with Gasteiger partial charge in [0.1, 0.15) is 24.1 Å². The third-order valence-electron chi connectivity index (χ3n) is 5.85. The Balaban J connectivity index is 1.46. The van der Waals surface area contributed by atoms with E-state index in [0.29, 0.717) is 30.2 Å². The molecule has 34 heavy (non-hydrogen) atoms. The molecule has 0 radical (unpaired) electrons. The first-order valence-corrected chi connectivity index (χ1v) is 12.5. The van der Waals surface area contributed by atoms with Gasteiger partial charge in [-0.1, -0.05) is 60.7 Å². The van der Waals surface area contributed by atoms with Crippen LogP contribution in [0.15, 0.2) is 73.3 Å². The number of aromatic nitrogens is 4. The smallest absolute Gasteiger partial charge is 0.167 e. The van der Waals surface area contributed by atoms with Crippen molar-refractivity contribution in [2.24, 2.45) is 0 Å². The van der Waals surface area contributed by atoms with Crippen LogP contribution in [0.25, 0.3) is 11.2 Å². The van der Waals surface area contributed by atoms with Crippen LogP contribution in [0.2, 0.25) is 0 Å². The predicted molar refractivity (Wildman–Crippen MR) is 132 cm³/mol. The molecule has 3 heterocycles. The summed E-state index contributed by atoms with van der Waals surface area (Å²) in [6, 6.07) is 20.2. The number of rotatable bonds is 9. The lowest BCUT2D eigenvalue weighted by Crippen LogP contribution is -2.37. The molecule has 176 valence electrons. The Labute approximate surface area is 202 Å². The van der Waals surface area contributed by atoms with Gasteiger partial charge >= 0.3 is 0 Å². The second-order valence-electron chi connectivity index (χ2n) is 8.13. The Morgan fingerprint density at radius 1 is 0.912 bits per heavy atom. The molecule has 5 rings (SSSR count). The molecule has 2 aromatic heterocycles. The van der Waals surface area contributed by atoms with Gasteiger partial charge in [-0.05, 0) is 17.4 Å². The normalized spacial score (nSPS) is 22.4. The molecule has 1 fully saturated rings. The average molecular weight is 478 g/mol. The first-order chi connectivity index (χ1) is 16.7. The van der Waals surface area contributed by atoms with Gasteiger partial charge in [0.2, 0.25) is 0 Å². The summed E-state index contributed by atoms with van der Waals surface area (Å²) in [5, 5.41) is 0. The number of hydrogen-bond donors (Lipinski definition) is 1. The van der Waals surface area contributed by atoms with Crippen molar-refractivity contribution in [3.63, 3.8) is 0 Å². The van der Waals surface area contributed by atoms with Gasteiger partial charge in [0.25, 0.3) is 0 Å². The standard InChI is InChI=1S/C25H27N5O3S/c1-34-14-19-21(31-12-17-8-4-2-5-9-17)22(32-13-18-10-6-3-7-11-18)25(33-19)30-16-29-20-23(26)27-15-28-24(20)30/h2-11,15-16,19,21-22,25H,12-14H2,1H3,(H2,26,27,28). The summed E-state index contributed by atoms with van der Waals surface area (Å²) in [5.74, 6) is 1.10. The van der Waals surface area contributed by atoms with Crippen LogP contribution in [0.4, 0.5) is 5.82 Å². The largest absolute Gasteiger partial charge is 0.382 e. The summed E-state index contributed by atoms with van der Waals surface area (Å²) in [6.45, 7) is 0.907. The number of imidazole rings is 1. The van der Waals surface area contributed by atoms with Gasteiger partial charge in [0.05, 0.1) is 25.6 Å². The van der Waals surface area contributed by atoms with Crippen molar-refractivity contribution >= 4 is 28.7 Å². The quantitative estimate of drug-likeness (QED) is 0.388. The number of hydrogen-bond acceptors (Lipinski definition) is 8. The number of nitrogen functional groups attached to an aromatic ring is 1. The zero-order valence-corrected chi connectivity index (χ0v) is 19.7. The highest BCUT2D eigenvalue weighted by molar-refractivity contribution is 7.98. The highest BCUT2D eigenvalue weighted by Crippen LogP contribution is 2.37. The summed E-state index contributed by atoms with van der Waals surface area (Å²) in [4.78, 5) is 12.9. The molecule has 4 atom stereocenters. The van der Waals surface area contributed by atoms with Crippen molar-refractivity contribution in [2.45, 2.75) is 37.8 Å². The van der Waals surface area contributed by atoms with Crippen LogP contribution in [-0.4, -0.2) is 49.8 Å². The highest BCUT2D eigenvalue weighted by atomic mass is 32.2. The van der Waals surface area contributed by atoms with Crippen LogP contribution >= 0.6 is 11.8 Å². The number of nitrogens with zero attached hydrogens (tertiary/aromatic N) is 4. The summed E-state index contributed by atoms with van der Waals surface area (Å²) in [7, 11) is 0. The minimum absolute atomic E-state index is 0.166. The van der Waals surface area contributed by atoms with Crippen molar-refractivity contribution in [2.75, 3.05) is 17.7 Å². The molecule has 4 aromatic rings. The second-order valence-corrected chi connectivity index (χ2v) is 9.04. The fourth-order valence-corrected chi connectivity index (χ4v) is 4.80. The molecule has 0 aliphatic carbocycles. The number of thioether (sulfide) groups is 1. The minimum atomic E-state index is -0.471. The Hall–Kier alpha value is -2.98. The number of ether oxygens (including phenoxy) is 3. The molecule has 1 aliphatic rings. The van der Waals surface area contributed by atoms with Gasteiger partial charge in [-0.3, -0.25) is 4.57 Å². The first kappa shape index (κ1) is 22.8. The SMILES string of the molecule is CSCC1OC(n2cnc3c(N)ncnc32)C(OCc2ccccc2)C1OCc1ccccc1. The molecule has 0 saturated carbocycles. The molecule has 8 nitrogen and oxygen atoms in total. The van der Waals surface area contributed by atoms with Crippen molar-refractivity contribution in [1.29, 1.82) is 0 Å². The van der Waals surface area contributed by atoms with Gasteiger partial charge in [-0.2, -0.15) is 11.8 Å². The number of anilines is 1. The number of fused-ring (bicyclic) bond motifs is 1. The molecule has 0 bridgehead atoms. The molecular formula is C25H27N5O3S. The Morgan fingerprint density at radius 2 is 1.56 bits per heavy atom. The molecule has 1 saturated heterocycles. The molecule has 4 unspecified atom stereocenters. The van der Waals surface area contributed by atoms with Crippen LogP contribution in [-0.2, 0) is 27.4 Å². The van der Waals surface area contributed by atoms with E-state index in [1.807, 2.05) is 53.1 Å². The van der Waals surface area contributed by atoms with E-state index in [9.17, 15) is 0 Å². The fraction of sp³-hybridized carbons (Fsp3) is 0.320. The van der Waals surface area contributed by atoms with E-state index in [2.05, 4.69) is 33.3 Å². The summed E-state index contributed by atoms with van der Waals surface area (Å²) in [5.41, 5.74) is 9.36. The van der Waals surface area contributed by atoms with Crippen LogP contribution in [0, 0.1) is 0 Å². The van der Waals surface area contributed by atoms with E-state index in [0.717, 1.165) is 16.9 Å². The molecule has 0 spiro atoms. The Kier molecular flexibility index (Phi) is 7.05. The first-order valence-electron chi connectivity index (χ1n) is 11.1. The molecule has 0 amide bonds. The molecule has 2 N–H and O–H groups in total. The van der Waals surface area contributed by atoms with E-state index >= 15 is 0 Å². The lowest BCUT2D eigenvalue weighted by molar-refractivity contribution is -0.0893. The third-order valence-corrected chi connectivity index (χ3v) is 6.51. The van der Waals surface area contributed by atoms with Crippen LogP contribution < -0.4 is 5.73 Å². The highest BCUT2D eigenvalue weighted by Gasteiger charge is 2.47. The Morgan fingerprint density at radius 3 is 2.21 bits per heavy atom. The van der Waals surface area contributed by atoms with Crippen LogP contribution in [0.1, 0.15) is 17.4 Å². The van der Waals surface area contributed by atoms with E-state index in [1.54, 1.807) is 18.1 Å². The lowest BCUT2D eigenvalue weighted by Gasteiger charge is -2.25. The predicted octanol–water partition coefficient (Wildman–Crippen LogP) is 3.84. The molecule has 9 heteroatoms. The van der Waals surface area contributed by atoms with Crippen molar-refractivity contribution in [1.82, 2.24) is 19.5 Å². The van der Waals surface area contributed by atoms with E-state index in [4.69, 9.17) is 19.9 Å².